The van der Waals surface area contributed by atoms with Crippen LogP contribution in [-0.2, 0) is 0 Å². The lowest BCUT2D eigenvalue weighted by molar-refractivity contribution is 0.0931. The second-order valence-corrected chi connectivity index (χ2v) is 5.07. The van der Waals surface area contributed by atoms with Gasteiger partial charge in [-0.3, -0.25) is 9.59 Å². The molecule has 0 aliphatic carbocycles. The van der Waals surface area contributed by atoms with Crippen LogP contribution in [0.1, 0.15) is 29.2 Å². The number of aromatic nitrogens is 3. The minimum absolute atomic E-state index is 0.0115. The molecular formula is C16H13FN4O3. The molecule has 0 fully saturated rings. The molecule has 1 atom stereocenters. The number of hydrogen-bond acceptors (Lipinski definition) is 5. The molecule has 7 nitrogen and oxygen atoms in total. The van der Waals surface area contributed by atoms with Gasteiger partial charge >= 0.3 is 0 Å². The number of nitrogens with zero attached hydrogens (tertiary/aromatic N) is 2. The van der Waals surface area contributed by atoms with Crippen molar-refractivity contribution in [3.8, 4) is 11.4 Å². The fraction of sp³-hybridized carbons (Fsp3) is 0.125. The van der Waals surface area contributed by atoms with Crippen LogP contribution in [0.3, 0.4) is 0 Å². The van der Waals surface area contributed by atoms with E-state index in [1.807, 2.05) is 0 Å². The van der Waals surface area contributed by atoms with Crippen molar-refractivity contribution in [2.45, 2.75) is 13.0 Å². The SMILES string of the molecule is C[C@@H](NC(=O)c1ccc[nH]c1=O)c1nc(-c2ccc(F)cc2)no1. The molecule has 2 heterocycles. The van der Waals surface area contributed by atoms with Crippen LogP contribution in [0, 0.1) is 5.82 Å². The van der Waals surface area contributed by atoms with Crippen molar-refractivity contribution in [1.29, 1.82) is 0 Å². The summed E-state index contributed by atoms with van der Waals surface area (Å²) < 4.78 is 18.1. The van der Waals surface area contributed by atoms with Crippen LogP contribution in [0.4, 0.5) is 4.39 Å². The molecule has 122 valence electrons. The van der Waals surface area contributed by atoms with Crippen LogP contribution in [0.15, 0.2) is 51.9 Å². The molecule has 1 aromatic carbocycles. The van der Waals surface area contributed by atoms with E-state index in [9.17, 15) is 14.0 Å². The van der Waals surface area contributed by atoms with Crippen LogP contribution in [0.25, 0.3) is 11.4 Å². The Morgan fingerprint density at radius 2 is 2.04 bits per heavy atom. The Kier molecular flexibility index (Phi) is 4.19. The van der Waals surface area contributed by atoms with Gasteiger partial charge < -0.3 is 14.8 Å². The third kappa shape index (κ3) is 3.22. The number of hydrogen-bond donors (Lipinski definition) is 2. The van der Waals surface area contributed by atoms with Gasteiger partial charge in [-0.05, 0) is 43.3 Å². The second kappa shape index (κ2) is 6.45. The topological polar surface area (TPSA) is 101 Å². The van der Waals surface area contributed by atoms with Crippen molar-refractivity contribution >= 4 is 5.91 Å². The molecule has 2 N–H and O–H groups in total. The fourth-order valence-electron chi connectivity index (χ4n) is 2.06. The first kappa shape index (κ1) is 15.6. The van der Waals surface area contributed by atoms with Crippen LogP contribution in [-0.4, -0.2) is 21.0 Å². The Labute approximate surface area is 135 Å². The predicted octanol–water partition coefficient (Wildman–Crippen LogP) is 2.05. The van der Waals surface area contributed by atoms with Crippen LogP contribution in [0.5, 0.6) is 0 Å². The van der Waals surface area contributed by atoms with E-state index in [1.165, 1.54) is 36.5 Å². The van der Waals surface area contributed by atoms with Gasteiger partial charge in [-0.25, -0.2) is 4.39 Å². The number of halogens is 1. The molecule has 0 radical (unpaired) electrons. The molecule has 0 saturated heterocycles. The predicted molar refractivity (Wildman–Crippen MR) is 82.6 cm³/mol. The summed E-state index contributed by atoms with van der Waals surface area (Å²) in [5.41, 5.74) is 0.0896. The van der Waals surface area contributed by atoms with Crippen molar-refractivity contribution in [3.63, 3.8) is 0 Å². The summed E-state index contributed by atoms with van der Waals surface area (Å²) in [4.78, 5) is 30.3. The van der Waals surface area contributed by atoms with Crippen molar-refractivity contribution in [1.82, 2.24) is 20.4 Å². The van der Waals surface area contributed by atoms with Gasteiger partial charge in [0.05, 0.1) is 0 Å². The molecule has 0 aliphatic rings. The molecule has 0 unspecified atom stereocenters. The first-order chi connectivity index (χ1) is 11.5. The lowest BCUT2D eigenvalue weighted by atomic mass is 10.2. The Morgan fingerprint density at radius 1 is 1.29 bits per heavy atom. The molecule has 1 amide bonds. The van der Waals surface area contributed by atoms with Crippen molar-refractivity contribution in [3.05, 3.63) is 70.2 Å². The number of nitrogens with one attached hydrogen (secondary N) is 2. The highest BCUT2D eigenvalue weighted by Gasteiger charge is 2.19. The number of carbonyl (C=O) groups excluding carboxylic acids is 1. The number of pyridine rings is 1. The van der Waals surface area contributed by atoms with E-state index in [4.69, 9.17) is 4.52 Å². The zero-order chi connectivity index (χ0) is 17.1. The van der Waals surface area contributed by atoms with Gasteiger partial charge in [-0.1, -0.05) is 5.16 Å². The van der Waals surface area contributed by atoms with E-state index in [1.54, 1.807) is 13.0 Å². The number of rotatable bonds is 4. The average Bonchev–Trinajstić information content (AvgIpc) is 3.06. The lowest BCUT2D eigenvalue weighted by Crippen LogP contribution is -2.31. The maximum absolute atomic E-state index is 12.9. The van der Waals surface area contributed by atoms with Gasteiger partial charge in [0.15, 0.2) is 0 Å². The summed E-state index contributed by atoms with van der Waals surface area (Å²) in [6, 6.07) is 8.00. The van der Waals surface area contributed by atoms with E-state index >= 15 is 0 Å². The van der Waals surface area contributed by atoms with Crippen molar-refractivity contribution in [2.24, 2.45) is 0 Å². The molecule has 2 aromatic heterocycles. The summed E-state index contributed by atoms with van der Waals surface area (Å²) in [6.07, 6.45) is 1.44. The molecule has 24 heavy (non-hydrogen) atoms. The third-order valence-corrected chi connectivity index (χ3v) is 3.32. The molecule has 0 saturated carbocycles. The number of aromatic amines is 1. The molecule has 0 bridgehead atoms. The minimum atomic E-state index is -0.598. The van der Waals surface area contributed by atoms with Crippen LogP contribution >= 0.6 is 0 Å². The monoisotopic (exact) mass is 328 g/mol. The smallest absolute Gasteiger partial charge is 0.260 e. The Balaban J connectivity index is 1.75. The van der Waals surface area contributed by atoms with Gasteiger partial charge in [0.2, 0.25) is 11.7 Å². The zero-order valence-electron chi connectivity index (χ0n) is 12.6. The maximum Gasteiger partial charge on any atom is 0.260 e. The third-order valence-electron chi connectivity index (χ3n) is 3.32. The molecule has 3 rings (SSSR count). The number of benzene rings is 1. The first-order valence-electron chi connectivity index (χ1n) is 7.12. The normalized spacial score (nSPS) is 11.9. The van der Waals surface area contributed by atoms with Crippen molar-refractivity contribution in [2.75, 3.05) is 0 Å². The molecular weight excluding hydrogens is 315 g/mol. The van der Waals surface area contributed by atoms with Gasteiger partial charge in [0.25, 0.3) is 11.5 Å². The van der Waals surface area contributed by atoms with Gasteiger partial charge in [-0.2, -0.15) is 4.98 Å². The summed E-state index contributed by atoms with van der Waals surface area (Å²) >= 11 is 0. The second-order valence-electron chi connectivity index (χ2n) is 5.07. The fourth-order valence-corrected chi connectivity index (χ4v) is 2.06. The summed E-state index contributed by atoms with van der Waals surface area (Å²) in [7, 11) is 0. The minimum Gasteiger partial charge on any atom is -0.340 e. The molecule has 8 heteroatoms. The average molecular weight is 328 g/mol. The summed E-state index contributed by atoms with van der Waals surface area (Å²) in [5, 5.41) is 6.42. The highest BCUT2D eigenvalue weighted by Crippen LogP contribution is 2.19. The molecule has 3 aromatic rings. The largest absolute Gasteiger partial charge is 0.340 e. The first-order valence-corrected chi connectivity index (χ1v) is 7.12. The van der Waals surface area contributed by atoms with Gasteiger partial charge in [0, 0.05) is 11.8 Å². The van der Waals surface area contributed by atoms with E-state index in [-0.39, 0.29) is 23.1 Å². The van der Waals surface area contributed by atoms with Gasteiger partial charge in [-0.15, -0.1) is 0 Å². The zero-order valence-corrected chi connectivity index (χ0v) is 12.6. The quantitative estimate of drug-likeness (QED) is 0.763. The van der Waals surface area contributed by atoms with E-state index in [0.717, 1.165) is 0 Å². The highest BCUT2D eigenvalue weighted by molar-refractivity contribution is 5.93. The summed E-state index contributed by atoms with van der Waals surface area (Å²) in [5.74, 6) is -0.458. The number of H-pyrrole nitrogens is 1. The number of amides is 1. The van der Waals surface area contributed by atoms with E-state index < -0.39 is 17.5 Å². The Hall–Kier alpha value is -3.29. The standard InChI is InChI=1S/C16H13FN4O3/c1-9(19-15(23)12-3-2-8-18-14(12)22)16-20-13(21-24-16)10-4-6-11(17)7-5-10/h2-9H,1H3,(H,18,22)(H,19,23)/t9-/m1/s1. The number of carbonyl (C=O) groups is 1. The lowest BCUT2D eigenvalue weighted by Gasteiger charge is -2.08. The summed E-state index contributed by atoms with van der Waals surface area (Å²) in [6.45, 7) is 1.65. The highest BCUT2D eigenvalue weighted by atomic mass is 19.1. The van der Waals surface area contributed by atoms with Crippen molar-refractivity contribution < 1.29 is 13.7 Å². The van der Waals surface area contributed by atoms with E-state index in [0.29, 0.717) is 5.56 Å². The van der Waals surface area contributed by atoms with Crippen LogP contribution in [0.2, 0.25) is 0 Å². The van der Waals surface area contributed by atoms with E-state index in [2.05, 4.69) is 20.4 Å². The molecule has 0 spiro atoms. The van der Waals surface area contributed by atoms with Gasteiger partial charge in [0.1, 0.15) is 17.4 Å². The Morgan fingerprint density at radius 3 is 2.75 bits per heavy atom. The Bertz CT molecular complexity index is 917. The van der Waals surface area contributed by atoms with Crippen LogP contribution < -0.4 is 10.9 Å². The maximum atomic E-state index is 12.9. The molecule has 0 aliphatic heterocycles.